The molecule has 2 aliphatic heterocycles. The number of hydrogen-bond donors (Lipinski definition) is 2. The van der Waals surface area contributed by atoms with E-state index < -0.39 is 41.7 Å². The smallest absolute Gasteiger partial charge is 0.350 e. The van der Waals surface area contributed by atoms with Gasteiger partial charge in [0.15, 0.2) is 0 Å². The van der Waals surface area contributed by atoms with Crippen LogP contribution in [0.3, 0.4) is 0 Å². The maximum atomic E-state index is 14.1. The third-order valence-corrected chi connectivity index (χ3v) is 7.28. The van der Waals surface area contributed by atoms with Gasteiger partial charge in [-0.1, -0.05) is 54.6 Å². The molecule has 0 aliphatic carbocycles. The number of carbonyl (C=O) groups excluding carboxylic acids is 3. The van der Waals surface area contributed by atoms with Crippen LogP contribution < -0.4 is 10.6 Å². The summed E-state index contributed by atoms with van der Waals surface area (Å²) in [5.74, 6) is -1.03. The molecule has 0 spiro atoms. The topological polar surface area (TPSA) is 94.6 Å². The number of alkyl halides is 3. The lowest BCUT2D eigenvalue weighted by Crippen LogP contribution is -2.49. The second kappa shape index (κ2) is 11.4. The average Bonchev–Trinajstić information content (AvgIpc) is 3.31. The molecule has 41 heavy (non-hydrogen) atoms. The van der Waals surface area contributed by atoms with Crippen molar-refractivity contribution in [3.05, 3.63) is 113 Å². The first kappa shape index (κ1) is 27.9. The Balaban J connectivity index is 1.52. The molecule has 3 aromatic rings. The lowest BCUT2D eigenvalue weighted by molar-refractivity contribution is -0.138. The summed E-state index contributed by atoms with van der Waals surface area (Å²) in [6.07, 6.45) is -1.30. The fourth-order valence-corrected chi connectivity index (χ4v) is 5.33. The molecule has 8 nitrogen and oxygen atoms in total. The summed E-state index contributed by atoms with van der Waals surface area (Å²) < 4.78 is 41.9. The van der Waals surface area contributed by atoms with Crippen LogP contribution in [0.5, 0.6) is 0 Å². The molecule has 11 heteroatoms. The van der Waals surface area contributed by atoms with E-state index in [0.717, 1.165) is 17.2 Å². The maximum absolute atomic E-state index is 14.1. The molecule has 212 valence electrons. The number of halogens is 3. The van der Waals surface area contributed by atoms with Gasteiger partial charge >= 0.3 is 12.2 Å². The Morgan fingerprint density at radius 2 is 1.76 bits per heavy atom. The van der Waals surface area contributed by atoms with E-state index in [1.807, 2.05) is 30.3 Å². The van der Waals surface area contributed by atoms with Gasteiger partial charge in [-0.05, 0) is 35.7 Å². The van der Waals surface area contributed by atoms with E-state index in [1.54, 1.807) is 31.5 Å². The number of aromatic nitrogens is 1. The largest absolute Gasteiger partial charge is 0.416 e. The number of pyridine rings is 1. The van der Waals surface area contributed by atoms with Gasteiger partial charge in [-0.15, -0.1) is 0 Å². The van der Waals surface area contributed by atoms with Gasteiger partial charge < -0.3 is 15.5 Å². The first-order chi connectivity index (χ1) is 19.7. The second-order valence-corrected chi connectivity index (χ2v) is 9.79. The Labute approximate surface area is 234 Å². The Kier molecular flexibility index (Phi) is 7.78. The summed E-state index contributed by atoms with van der Waals surface area (Å²) in [6.45, 7) is 1.98. The number of hydrogen-bond acceptors (Lipinski definition) is 4. The highest BCUT2D eigenvalue weighted by Gasteiger charge is 2.48. The molecule has 3 heterocycles. The maximum Gasteiger partial charge on any atom is 0.416 e. The molecule has 0 unspecified atom stereocenters. The third kappa shape index (κ3) is 5.65. The van der Waals surface area contributed by atoms with E-state index in [0.29, 0.717) is 5.70 Å². The number of nitrogens with zero attached hydrogens (tertiary/aromatic N) is 3. The highest BCUT2D eigenvalue weighted by atomic mass is 19.4. The van der Waals surface area contributed by atoms with E-state index in [1.165, 1.54) is 28.0 Å². The van der Waals surface area contributed by atoms with Crippen molar-refractivity contribution in [2.24, 2.45) is 0 Å². The highest BCUT2D eigenvalue weighted by Crippen LogP contribution is 2.42. The number of likely N-dealkylation sites (N-methyl/N-ethyl adjacent to an activating group) is 1. The normalized spacial score (nSPS) is 17.8. The van der Waals surface area contributed by atoms with E-state index in [-0.39, 0.29) is 37.2 Å². The monoisotopic (exact) mass is 563 g/mol. The van der Waals surface area contributed by atoms with Gasteiger partial charge in [-0.2, -0.15) is 13.2 Å². The van der Waals surface area contributed by atoms with Crippen molar-refractivity contribution >= 4 is 17.8 Å². The van der Waals surface area contributed by atoms with Crippen molar-refractivity contribution in [1.29, 1.82) is 0 Å². The lowest BCUT2D eigenvalue weighted by atomic mass is 9.91. The molecular formula is C30H28F3N5O3. The summed E-state index contributed by atoms with van der Waals surface area (Å²) in [7, 11) is 0. The van der Waals surface area contributed by atoms with Crippen LogP contribution in [0.2, 0.25) is 0 Å². The molecule has 0 fully saturated rings. The number of rotatable bonds is 8. The van der Waals surface area contributed by atoms with Crippen molar-refractivity contribution in [1.82, 2.24) is 25.4 Å². The summed E-state index contributed by atoms with van der Waals surface area (Å²) in [6, 6.07) is 14.7. The molecule has 4 amide bonds. The zero-order valence-electron chi connectivity index (χ0n) is 22.2. The fourth-order valence-electron chi connectivity index (χ4n) is 5.33. The molecular weight excluding hydrogens is 535 g/mol. The van der Waals surface area contributed by atoms with E-state index in [9.17, 15) is 27.6 Å². The minimum absolute atomic E-state index is 0.0290. The highest BCUT2D eigenvalue weighted by molar-refractivity contribution is 6.03. The summed E-state index contributed by atoms with van der Waals surface area (Å²) in [5, 5.41) is 5.47. The predicted molar refractivity (Wildman–Crippen MR) is 144 cm³/mol. The molecule has 5 rings (SSSR count). The van der Waals surface area contributed by atoms with Gasteiger partial charge in [0.2, 0.25) is 5.91 Å². The predicted octanol–water partition coefficient (Wildman–Crippen LogP) is 4.21. The van der Waals surface area contributed by atoms with Gasteiger partial charge in [-0.3, -0.25) is 19.5 Å². The van der Waals surface area contributed by atoms with Crippen LogP contribution in [0, 0.1) is 0 Å². The second-order valence-electron chi connectivity index (χ2n) is 9.79. The Bertz CT molecular complexity index is 1480. The lowest BCUT2D eigenvalue weighted by Gasteiger charge is -2.33. The van der Waals surface area contributed by atoms with Crippen molar-refractivity contribution in [2.45, 2.75) is 38.1 Å². The van der Waals surface area contributed by atoms with Crippen molar-refractivity contribution in [2.75, 3.05) is 13.1 Å². The number of nitrogens with one attached hydrogen (secondary N) is 2. The average molecular weight is 564 g/mol. The molecule has 2 aromatic carbocycles. The first-order valence-electron chi connectivity index (χ1n) is 13.2. The van der Waals surface area contributed by atoms with Gasteiger partial charge in [0.05, 0.1) is 29.4 Å². The number of benzene rings is 2. The number of amides is 4. The standard InChI is InChI=1S/C30H28F3N5O3/c1-2-37-24-18-38(23(15-19-9-4-3-5-10-19)27(39)35-17-20-11-8-14-34-16-20)28(40)25(24)26(36-29(37)41)21-12-6-7-13-22(21)30(31,32)33/h3-14,16,23,26H,2,15,17-18H2,1H3,(H,35,39)(H,36,41)/t23-,26-/m1/s1. The number of urea groups is 1. The molecule has 0 bridgehead atoms. The van der Waals surface area contributed by atoms with E-state index >= 15 is 0 Å². The van der Waals surface area contributed by atoms with Crippen LogP contribution in [0.4, 0.5) is 18.0 Å². The molecule has 0 saturated heterocycles. The summed E-state index contributed by atoms with van der Waals surface area (Å²) in [4.78, 5) is 47.5. The van der Waals surface area contributed by atoms with Crippen LogP contribution >= 0.6 is 0 Å². The minimum atomic E-state index is -4.70. The van der Waals surface area contributed by atoms with Crippen LogP contribution in [-0.2, 0) is 28.7 Å². The Morgan fingerprint density at radius 1 is 1.05 bits per heavy atom. The first-order valence-corrected chi connectivity index (χ1v) is 13.2. The zero-order valence-corrected chi connectivity index (χ0v) is 22.2. The Hall–Kier alpha value is -4.67. The summed E-state index contributed by atoms with van der Waals surface area (Å²) >= 11 is 0. The van der Waals surface area contributed by atoms with Gasteiger partial charge in [0, 0.05) is 31.9 Å². The van der Waals surface area contributed by atoms with Crippen molar-refractivity contribution in [3.63, 3.8) is 0 Å². The number of carbonyl (C=O) groups is 3. The van der Waals surface area contributed by atoms with Gasteiger partial charge in [0.1, 0.15) is 6.04 Å². The van der Waals surface area contributed by atoms with Crippen molar-refractivity contribution < 1.29 is 27.6 Å². The minimum Gasteiger partial charge on any atom is -0.350 e. The van der Waals surface area contributed by atoms with Crippen LogP contribution in [-0.4, -0.2) is 51.8 Å². The molecule has 0 saturated carbocycles. The van der Waals surface area contributed by atoms with Crippen LogP contribution in [0.15, 0.2) is 90.4 Å². The SMILES string of the molecule is CCN1C(=O)N[C@H](c2ccccc2C(F)(F)F)C2=C1CN([C@H](Cc1ccccc1)C(=O)NCc1cccnc1)C2=O. The van der Waals surface area contributed by atoms with Gasteiger partial charge in [-0.25, -0.2) is 4.79 Å². The summed E-state index contributed by atoms with van der Waals surface area (Å²) in [5.41, 5.74) is 0.714. The van der Waals surface area contributed by atoms with E-state index in [2.05, 4.69) is 15.6 Å². The zero-order chi connectivity index (χ0) is 29.1. The van der Waals surface area contributed by atoms with E-state index in [4.69, 9.17) is 0 Å². The van der Waals surface area contributed by atoms with Crippen LogP contribution in [0.1, 0.15) is 35.2 Å². The molecule has 0 radical (unpaired) electrons. The molecule has 2 atom stereocenters. The van der Waals surface area contributed by atoms with Crippen LogP contribution in [0.25, 0.3) is 0 Å². The quantitative estimate of drug-likeness (QED) is 0.430. The van der Waals surface area contributed by atoms with Gasteiger partial charge in [0.25, 0.3) is 5.91 Å². The molecule has 2 N–H and O–H groups in total. The third-order valence-electron chi connectivity index (χ3n) is 7.28. The Morgan fingerprint density at radius 3 is 2.44 bits per heavy atom. The molecule has 1 aromatic heterocycles. The van der Waals surface area contributed by atoms with Crippen molar-refractivity contribution in [3.8, 4) is 0 Å². The fraction of sp³-hybridized carbons (Fsp3) is 0.267. The molecule has 2 aliphatic rings.